The molecule has 0 spiro atoms. The monoisotopic (exact) mass is 389 g/mol. The Hall–Kier alpha value is -0.940. The average Bonchev–Trinajstić information content (AvgIpc) is 2.37. The van der Waals surface area contributed by atoms with Crippen molar-refractivity contribution in [2.45, 2.75) is 11.0 Å². The first kappa shape index (κ1) is 17.1. The first-order valence-corrected chi connectivity index (χ1v) is 7.63. The van der Waals surface area contributed by atoms with E-state index < -0.39 is 45.0 Å². The molecule has 0 saturated carbocycles. The number of primary amides is 1. The number of halogens is 3. The molecular weight excluding hydrogens is 381 g/mol. The normalized spacial score (nSPS) is 13.2. The fraction of sp³-hybridized carbons (Fsp3) is 0.222. The quantitative estimate of drug-likeness (QED) is 0.413. The number of hydrogen-bond acceptors (Lipinski definition) is 5. The number of nitrogens with one attached hydrogen (secondary N) is 1. The van der Waals surface area contributed by atoms with Gasteiger partial charge in [-0.05, 0) is 22.0 Å². The van der Waals surface area contributed by atoms with Gasteiger partial charge < -0.3 is 16.6 Å². The minimum absolute atomic E-state index is 0.0211. The van der Waals surface area contributed by atoms with Gasteiger partial charge >= 0.3 is 0 Å². The van der Waals surface area contributed by atoms with E-state index in [1.165, 1.54) is 0 Å². The standard InChI is InChI=1S/C9H10BrClFN3O4S/c10-6-3(11)1-5(7(12)8(6)13)20(18,19)15-2-4(16)9(14)17/h1,4,15-16H,2,13H2,(H2,14,17). The number of sulfonamides is 1. The zero-order chi connectivity index (χ0) is 15.7. The summed E-state index contributed by atoms with van der Waals surface area (Å²) in [6.45, 7) is -0.704. The lowest BCUT2D eigenvalue weighted by molar-refractivity contribution is -0.125. The van der Waals surface area contributed by atoms with Crippen molar-refractivity contribution >= 4 is 49.1 Å². The molecule has 0 bridgehead atoms. The third-order valence-electron chi connectivity index (χ3n) is 2.24. The molecular formula is C9H10BrClFN3O4S. The van der Waals surface area contributed by atoms with Crippen LogP contribution in [0.15, 0.2) is 15.4 Å². The van der Waals surface area contributed by atoms with E-state index in [4.69, 9.17) is 28.2 Å². The summed E-state index contributed by atoms with van der Waals surface area (Å²) in [5.41, 5.74) is 9.64. The molecule has 0 saturated heterocycles. The van der Waals surface area contributed by atoms with E-state index >= 15 is 0 Å². The Morgan fingerprint density at radius 1 is 1.60 bits per heavy atom. The van der Waals surface area contributed by atoms with Crippen LogP contribution in [-0.4, -0.2) is 32.1 Å². The van der Waals surface area contributed by atoms with Crippen LogP contribution >= 0.6 is 27.5 Å². The lowest BCUT2D eigenvalue weighted by atomic mass is 10.3. The minimum Gasteiger partial charge on any atom is -0.395 e. The van der Waals surface area contributed by atoms with Crippen LogP contribution in [0.1, 0.15) is 0 Å². The van der Waals surface area contributed by atoms with E-state index in [2.05, 4.69) is 15.9 Å². The Morgan fingerprint density at radius 3 is 2.65 bits per heavy atom. The Kier molecular flexibility index (Phi) is 5.33. The van der Waals surface area contributed by atoms with Gasteiger partial charge in [-0.15, -0.1) is 0 Å². The van der Waals surface area contributed by atoms with Gasteiger partial charge in [0.05, 0.1) is 15.2 Å². The van der Waals surface area contributed by atoms with E-state index in [9.17, 15) is 17.6 Å². The number of nitrogens with two attached hydrogens (primary N) is 2. The summed E-state index contributed by atoms with van der Waals surface area (Å²) in [5.74, 6) is -2.33. The summed E-state index contributed by atoms with van der Waals surface area (Å²) in [5, 5.41) is 8.99. The highest BCUT2D eigenvalue weighted by atomic mass is 79.9. The molecule has 1 unspecified atom stereocenters. The van der Waals surface area contributed by atoms with Crippen molar-refractivity contribution in [2.75, 3.05) is 12.3 Å². The molecule has 0 aliphatic heterocycles. The summed E-state index contributed by atoms with van der Waals surface area (Å²) in [7, 11) is -4.36. The highest BCUT2D eigenvalue weighted by Gasteiger charge is 2.25. The SMILES string of the molecule is NC(=O)C(O)CNS(=O)(=O)c1cc(Cl)c(Br)c(N)c1F. The Morgan fingerprint density at radius 2 is 2.15 bits per heavy atom. The first-order valence-electron chi connectivity index (χ1n) is 4.98. The summed E-state index contributed by atoms with van der Waals surface area (Å²) >= 11 is 8.60. The van der Waals surface area contributed by atoms with Crippen molar-refractivity contribution in [1.29, 1.82) is 0 Å². The maximum atomic E-state index is 13.8. The van der Waals surface area contributed by atoms with E-state index in [0.717, 1.165) is 6.07 Å². The lowest BCUT2D eigenvalue weighted by Crippen LogP contribution is -2.40. The Balaban J connectivity index is 3.14. The number of aliphatic hydroxyl groups excluding tert-OH is 1. The van der Waals surface area contributed by atoms with Gasteiger partial charge in [-0.2, -0.15) is 0 Å². The largest absolute Gasteiger partial charge is 0.395 e. The van der Waals surface area contributed by atoms with Crippen LogP contribution in [0.5, 0.6) is 0 Å². The molecule has 1 rings (SSSR count). The molecule has 0 aliphatic rings. The van der Waals surface area contributed by atoms with Gasteiger partial charge in [0, 0.05) is 6.54 Å². The average molecular weight is 391 g/mol. The van der Waals surface area contributed by atoms with Crippen molar-refractivity contribution < 1.29 is 22.7 Å². The molecule has 20 heavy (non-hydrogen) atoms. The van der Waals surface area contributed by atoms with Gasteiger partial charge in [-0.25, -0.2) is 17.5 Å². The van der Waals surface area contributed by atoms with Crippen LogP contribution in [0.3, 0.4) is 0 Å². The minimum atomic E-state index is -4.36. The molecule has 1 amide bonds. The second-order valence-corrected chi connectivity index (χ2v) is 6.60. The smallest absolute Gasteiger partial charge is 0.247 e. The molecule has 1 aromatic carbocycles. The number of aliphatic hydroxyl groups is 1. The van der Waals surface area contributed by atoms with E-state index in [0.29, 0.717) is 0 Å². The Bertz CT molecular complexity index is 655. The zero-order valence-corrected chi connectivity index (χ0v) is 12.9. The predicted molar refractivity (Wildman–Crippen MR) is 73.9 cm³/mol. The number of carbonyl (C=O) groups excluding carboxylic acids is 1. The van der Waals surface area contributed by atoms with Crippen LogP contribution in [0.4, 0.5) is 10.1 Å². The number of amides is 1. The second-order valence-electron chi connectivity index (χ2n) is 3.67. The van der Waals surface area contributed by atoms with Gasteiger partial charge in [0.1, 0.15) is 11.0 Å². The van der Waals surface area contributed by atoms with Crippen LogP contribution in [0.25, 0.3) is 0 Å². The molecule has 0 fully saturated rings. The fourth-order valence-electron chi connectivity index (χ4n) is 1.16. The lowest BCUT2D eigenvalue weighted by Gasteiger charge is -2.12. The van der Waals surface area contributed by atoms with Crippen molar-refractivity contribution in [3.8, 4) is 0 Å². The van der Waals surface area contributed by atoms with Crippen LogP contribution in [0, 0.1) is 5.82 Å². The number of anilines is 1. The number of nitrogen functional groups attached to an aromatic ring is 1. The molecule has 0 aliphatic carbocycles. The van der Waals surface area contributed by atoms with Crippen molar-refractivity contribution in [1.82, 2.24) is 4.72 Å². The summed E-state index contributed by atoms with van der Waals surface area (Å²) in [6.07, 6.45) is -1.74. The van der Waals surface area contributed by atoms with Crippen LogP contribution < -0.4 is 16.2 Å². The first-order chi connectivity index (χ1) is 9.08. The molecule has 0 aromatic heterocycles. The highest BCUT2D eigenvalue weighted by molar-refractivity contribution is 9.10. The number of carbonyl (C=O) groups is 1. The van der Waals surface area contributed by atoms with Gasteiger partial charge in [-0.1, -0.05) is 11.6 Å². The number of benzene rings is 1. The summed E-state index contributed by atoms with van der Waals surface area (Å²) in [4.78, 5) is 9.78. The van der Waals surface area contributed by atoms with Crippen molar-refractivity contribution in [3.63, 3.8) is 0 Å². The van der Waals surface area contributed by atoms with E-state index in [1.54, 1.807) is 0 Å². The highest BCUT2D eigenvalue weighted by Crippen LogP contribution is 2.34. The van der Waals surface area contributed by atoms with Gasteiger partial charge in [-0.3, -0.25) is 4.79 Å². The molecule has 112 valence electrons. The third kappa shape index (κ3) is 3.58. The predicted octanol–water partition coefficient (Wildman–Crippen LogP) is -0.0517. The van der Waals surface area contributed by atoms with Gasteiger partial charge in [0.25, 0.3) is 0 Å². The van der Waals surface area contributed by atoms with E-state index in [1.807, 2.05) is 4.72 Å². The zero-order valence-electron chi connectivity index (χ0n) is 9.73. The fourth-order valence-corrected chi connectivity index (χ4v) is 2.88. The van der Waals surface area contributed by atoms with Crippen LogP contribution in [-0.2, 0) is 14.8 Å². The summed E-state index contributed by atoms with van der Waals surface area (Å²) < 4.78 is 39.4. The molecule has 11 heteroatoms. The van der Waals surface area contributed by atoms with Crippen molar-refractivity contribution in [3.05, 3.63) is 21.4 Å². The topological polar surface area (TPSA) is 136 Å². The maximum absolute atomic E-state index is 13.8. The number of hydrogen-bond donors (Lipinski definition) is 4. The van der Waals surface area contributed by atoms with Gasteiger partial charge in [0.2, 0.25) is 15.9 Å². The van der Waals surface area contributed by atoms with Gasteiger partial charge in [0.15, 0.2) is 5.82 Å². The molecule has 1 aromatic rings. The Labute approximate surface area is 127 Å². The third-order valence-corrected chi connectivity index (χ3v) is 5.04. The molecule has 6 N–H and O–H groups in total. The summed E-state index contributed by atoms with van der Waals surface area (Å²) in [6, 6.07) is 0.844. The van der Waals surface area contributed by atoms with E-state index in [-0.39, 0.29) is 9.50 Å². The molecule has 0 radical (unpaired) electrons. The molecule has 7 nitrogen and oxygen atoms in total. The van der Waals surface area contributed by atoms with Crippen molar-refractivity contribution in [2.24, 2.45) is 5.73 Å². The second kappa shape index (κ2) is 6.22. The maximum Gasteiger partial charge on any atom is 0.247 e. The molecule has 0 heterocycles. The van der Waals surface area contributed by atoms with Crippen LogP contribution in [0.2, 0.25) is 5.02 Å². The number of rotatable bonds is 5. The molecule has 1 atom stereocenters.